The Morgan fingerprint density at radius 1 is 1.12 bits per heavy atom. The maximum Gasteiger partial charge on any atom is 0.300 e. The predicted molar refractivity (Wildman–Crippen MR) is 61.0 cm³/mol. The summed E-state index contributed by atoms with van der Waals surface area (Å²) in [6.07, 6.45) is 8.77. The smallest absolute Gasteiger partial charge is 0.300 e. The highest BCUT2D eigenvalue weighted by Gasteiger charge is 2.49. The SMILES string of the molecule is N#Cc1ncc(C2C3CC4CC(C3)CC2C4)o1. The molecule has 4 saturated carbocycles. The van der Waals surface area contributed by atoms with Crippen molar-refractivity contribution in [3.05, 3.63) is 17.8 Å². The summed E-state index contributed by atoms with van der Waals surface area (Å²) in [5.41, 5.74) is 0. The van der Waals surface area contributed by atoms with Gasteiger partial charge in [0, 0.05) is 5.92 Å². The van der Waals surface area contributed by atoms with Crippen molar-refractivity contribution in [1.29, 1.82) is 5.26 Å². The van der Waals surface area contributed by atoms with Gasteiger partial charge in [-0.3, -0.25) is 0 Å². The van der Waals surface area contributed by atoms with Crippen LogP contribution in [0.5, 0.6) is 0 Å². The van der Waals surface area contributed by atoms with Crippen molar-refractivity contribution in [3.8, 4) is 6.07 Å². The van der Waals surface area contributed by atoms with Crippen LogP contribution in [0.2, 0.25) is 0 Å². The molecule has 3 nitrogen and oxygen atoms in total. The normalized spacial score (nSPS) is 42.6. The average molecular weight is 228 g/mol. The Hall–Kier alpha value is -1.30. The Labute approximate surface area is 101 Å². The molecular formula is C14H16N2O. The lowest BCUT2D eigenvalue weighted by Crippen LogP contribution is -2.43. The molecule has 88 valence electrons. The molecule has 0 N–H and O–H groups in total. The topological polar surface area (TPSA) is 49.8 Å². The molecule has 1 aromatic heterocycles. The van der Waals surface area contributed by atoms with Crippen LogP contribution in [-0.4, -0.2) is 4.98 Å². The fourth-order valence-corrected chi connectivity index (χ4v) is 4.88. The summed E-state index contributed by atoms with van der Waals surface area (Å²) >= 11 is 0. The molecule has 1 aromatic rings. The Morgan fingerprint density at radius 3 is 2.29 bits per heavy atom. The third kappa shape index (κ3) is 1.36. The van der Waals surface area contributed by atoms with Crippen molar-refractivity contribution < 1.29 is 4.42 Å². The van der Waals surface area contributed by atoms with Crippen LogP contribution < -0.4 is 0 Å². The highest BCUT2D eigenvalue weighted by molar-refractivity contribution is 5.16. The zero-order valence-electron chi connectivity index (χ0n) is 9.80. The molecular weight excluding hydrogens is 212 g/mol. The molecule has 3 heteroatoms. The van der Waals surface area contributed by atoms with Gasteiger partial charge in [0.05, 0.1) is 6.20 Å². The first-order valence-electron chi connectivity index (χ1n) is 6.69. The maximum atomic E-state index is 8.80. The van der Waals surface area contributed by atoms with Crippen molar-refractivity contribution in [3.63, 3.8) is 0 Å². The minimum Gasteiger partial charge on any atom is -0.433 e. The number of rotatable bonds is 1. The van der Waals surface area contributed by atoms with E-state index in [4.69, 9.17) is 9.68 Å². The second-order valence-electron chi connectivity index (χ2n) is 6.14. The summed E-state index contributed by atoms with van der Waals surface area (Å²) < 4.78 is 5.59. The van der Waals surface area contributed by atoms with Gasteiger partial charge < -0.3 is 4.42 Å². The second kappa shape index (κ2) is 3.35. The van der Waals surface area contributed by atoms with E-state index in [9.17, 15) is 0 Å². The summed E-state index contributed by atoms with van der Waals surface area (Å²) in [6, 6.07) is 1.99. The van der Waals surface area contributed by atoms with E-state index < -0.39 is 0 Å². The van der Waals surface area contributed by atoms with Gasteiger partial charge in [-0.15, -0.1) is 0 Å². The molecule has 0 aromatic carbocycles. The molecule has 0 saturated heterocycles. The van der Waals surface area contributed by atoms with E-state index in [2.05, 4.69) is 4.98 Å². The van der Waals surface area contributed by atoms with Crippen LogP contribution in [-0.2, 0) is 0 Å². The van der Waals surface area contributed by atoms with E-state index in [-0.39, 0.29) is 5.89 Å². The van der Waals surface area contributed by atoms with Crippen LogP contribution in [0.1, 0.15) is 49.7 Å². The van der Waals surface area contributed by atoms with Crippen molar-refractivity contribution >= 4 is 0 Å². The maximum absolute atomic E-state index is 8.80. The van der Waals surface area contributed by atoms with Gasteiger partial charge in [-0.2, -0.15) is 5.26 Å². The number of hydrogen-bond acceptors (Lipinski definition) is 3. The lowest BCUT2D eigenvalue weighted by Gasteiger charge is -2.53. The highest BCUT2D eigenvalue weighted by atomic mass is 16.4. The monoisotopic (exact) mass is 228 g/mol. The lowest BCUT2D eigenvalue weighted by atomic mass is 9.51. The molecule has 0 amide bonds. The Kier molecular flexibility index (Phi) is 1.91. The molecule has 4 bridgehead atoms. The van der Waals surface area contributed by atoms with Crippen molar-refractivity contribution in [2.75, 3.05) is 0 Å². The largest absolute Gasteiger partial charge is 0.433 e. The summed E-state index contributed by atoms with van der Waals surface area (Å²) in [7, 11) is 0. The zero-order valence-corrected chi connectivity index (χ0v) is 9.80. The van der Waals surface area contributed by atoms with Gasteiger partial charge in [0.25, 0.3) is 0 Å². The van der Waals surface area contributed by atoms with Gasteiger partial charge in [-0.25, -0.2) is 4.98 Å². The molecule has 5 rings (SSSR count). The number of hydrogen-bond donors (Lipinski definition) is 0. The lowest BCUT2D eigenvalue weighted by molar-refractivity contribution is -0.00970. The van der Waals surface area contributed by atoms with E-state index >= 15 is 0 Å². The van der Waals surface area contributed by atoms with Crippen LogP contribution in [0, 0.1) is 35.0 Å². The fraction of sp³-hybridized carbons (Fsp3) is 0.714. The Balaban J connectivity index is 1.68. The first kappa shape index (κ1) is 9.70. The van der Waals surface area contributed by atoms with E-state index in [0.717, 1.165) is 29.4 Å². The molecule has 17 heavy (non-hydrogen) atoms. The van der Waals surface area contributed by atoms with Gasteiger partial charge in [-0.1, -0.05) is 0 Å². The van der Waals surface area contributed by atoms with Gasteiger partial charge in [-0.05, 0) is 55.8 Å². The Bertz CT molecular complexity index is 457. The van der Waals surface area contributed by atoms with Gasteiger partial charge in [0.2, 0.25) is 0 Å². The van der Waals surface area contributed by atoms with Crippen molar-refractivity contribution in [2.45, 2.75) is 38.0 Å². The van der Waals surface area contributed by atoms with Crippen molar-refractivity contribution in [1.82, 2.24) is 4.98 Å². The molecule has 4 aliphatic rings. The average Bonchev–Trinajstić information content (AvgIpc) is 2.76. The number of nitrogens with zero attached hydrogens (tertiary/aromatic N) is 2. The summed E-state index contributed by atoms with van der Waals surface area (Å²) in [5.74, 6) is 5.32. The van der Waals surface area contributed by atoms with E-state index in [0.29, 0.717) is 5.92 Å². The third-order valence-electron chi connectivity index (χ3n) is 5.17. The van der Waals surface area contributed by atoms with E-state index in [1.54, 1.807) is 6.20 Å². The van der Waals surface area contributed by atoms with Crippen LogP contribution in [0.25, 0.3) is 0 Å². The molecule has 0 spiro atoms. The first-order chi connectivity index (χ1) is 8.33. The van der Waals surface area contributed by atoms with Crippen LogP contribution in [0.4, 0.5) is 0 Å². The van der Waals surface area contributed by atoms with Crippen molar-refractivity contribution in [2.24, 2.45) is 23.7 Å². The highest BCUT2D eigenvalue weighted by Crippen LogP contribution is 2.59. The fourth-order valence-electron chi connectivity index (χ4n) is 4.88. The van der Waals surface area contributed by atoms with Gasteiger partial charge >= 0.3 is 5.89 Å². The summed E-state index contributed by atoms with van der Waals surface area (Å²) in [6.45, 7) is 0. The minimum atomic E-state index is 0.230. The first-order valence-corrected chi connectivity index (χ1v) is 6.69. The number of nitriles is 1. The molecule has 0 atom stereocenters. The second-order valence-corrected chi connectivity index (χ2v) is 6.14. The van der Waals surface area contributed by atoms with Gasteiger partial charge in [0.15, 0.2) is 6.07 Å². The molecule has 4 fully saturated rings. The van der Waals surface area contributed by atoms with Crippen LogP contribution in [0.3, 0.4) is 0 Å². The van der Waals surface area contributed by atoms with Gasteiger partial charge in [0.1, 0.15) is 5.76 Å². The quantitative estimate of drug-likeness (QED) is 0.742. The van der Waals surface area contributed by atoms with E-state index in [1.165, 1.54) is 32.1 Å². The molecule has 0 radical (unpaired) electrons. The molecule has 0 aliphatic heterocycles. The Morgan fingerprint density at radius 2 is 1.76 bits per heavy atom. The van der Waals surface area contributed by atoms with Crippen LogP contribution >= 0.6 is 0 Å². The zero-order chi connectivity index (χ0) is 11.4. The minimum absolute atomic E-state index is 0.230. The summed E-state index contributed by atoms with van der Waals surface area (Å²) in [4.78, 5) is 4.04. The van der Waals surface area contributed by atoms with Crippen LogP contribution in [0.15, 0.2) is 10.6 Å². The third-order valence-corrected chi connectivity index (χ3v) is 5.17. The van der Waals surface area contributed by atoms with E-state index in [1.807, 2.05) is 6.07 Å². The number of oxazole rings is 1. The summed E-state index contributed by atoms with van der Waals surface area (Å²) in [5, 5.41) is 8.80. The number of aromatic nitrogens is 1. The standard InChI is InChI=1S/C14H16N2O/c15-6-13-16-7-12(17-13)14-10-2-8-1-9(4-10)5-11(14)3-8/h7-11,14H,1-5H2. The molecule has 1 heterocycles. The molecule has 4 aliphatic carbocycles. The predicted octanol–water partition coefficient (Wildman–Crippen LogP) is 3.09. The molecule has 0 unspecified atom stereocenters.